The summed E-state index contributed by atoms with van der Waals surface area (Å²) in [6, 6.07) is 0. The lowest BCUT2D eigenvalue weighted by Crippen LogP contribution is -2.33. The molecule has 0 N–H and O–H groups in total. The minimum atomic E-state index is 0.919. The molecule has 0 bridgehead atoms. The highest BCUT2D eigenvalue weighted by Crippen LogP contribution is 2.22. The molecule has 0 radical (unpaired) electrons. The molecule has 0 saturated carbocycles. The fourth-order valence-corrected chi connectivity index (χ4v) is 1.91. The number of likely N-dealkylation sites (tertiary alicyclic amines) is 1. The molecule has 0 aromatic rings. The Kier molecular flexibility index (Phi) is 3.64. The van der Waals surface area contributed by atoms with Crippen molar-refractivity contribution in [2.75, 3.05) is 13.1 Å². The van der Waals surface area contributed by atoms with Gasteiger partial charge in [0.05, 0.1) is 0 Å². The lowest BCUT2D eigenvalue weighted by atomic mass is 9.95. The Bertz CT molecular complexity index is 151. The van der Waals surface area contributed by atoms with E-state index in [-0.39, 0.29) is 0 Å². The lowest BCUT2D eigenvalue weighted by molar-refractivity contribution is 0.210. The van der Waals surface area contributed by atoms with Crippen molar-refractivity contribution < 1.29 is 0 Å². The molecular weight excluding hydrogens is 146 g/mol. The van der Waals surface area contributed by atoms with E-state index in [0.717, 1.165) is 12.3 Å². The summed E-state index contributed by atoms with van der Waals surface area (Å²) in [6.45, 7) is 11.1. The normalized spacial score (nSPS) is 24.2. The molecule has 1 aliphatic heterocycles. The Morgan fingerprint density at radius 3 is 2.83 bits per heavy atom. The first-order chi connectivity index (χ1) is 5.77. The second-order valence-electron chi connectivity index (χ2n) is 3.78. The van der Waals surface area contributed by atoms with E-state index in [4.69, 9.17) is 0 Å². The van der Waals surface area contributed by atoms with E-state index >= 15 is 0 Å². The first-order valence-electron chi connectivity index (χ1n) is 5.20. The van der Waals surface area contributed by atoms with E-state index in [1.54, 1.807) is 0 Å². The van der Waals surface area contributed by atoms with Crippen LogP contribution in [-0.4, -0.2) is 18.0 Å². The van der Waals surface area contributed by atoms with E-state index in [1.807, 2.05) is 0 Å². The van der Waals surface area contributed by atoms with Gasteiger partial charge in [0.25, 0.3) is 0 Å². The molecule has 1 nitrogen and oxygen atoms in total. The maximum Gasteiger partial charge on any atom is 0.0203 e. The molecule has 1 atom stereocenters. The van der Waals surface area contributed by atoms with Crippen molar-refractivity contribution in [3.05, 3.63) is 12.3 Å². The van der Waals surface area contributed by atoms with Crippen LogP contribution in [0.15, 0.2) is 12.3 Å². The number of hydrogen-bond acceptors (Lipinski definition) is 1. The molecule has 1 heteroatoms. The van der Waals surface area contributed by atoms with Crippen LogP contribution in [0, 0.1) is 5.92 Å². The van der Waals surface area contributed by atoms with Crippen LogP contribution >= 0.6 is 0 Å². The molecular formula is C11H21N. The topological polar surface area (TPSA) is 3.24 Å². The Morgan fingerprint density at radius 1 is 1.50 bits per heavy atom. The van der Waals surface area contributed by atoms with Crippen LogP contribution in [0.2, 0.25) is 0 Å². The van der Waals surface area contributed by atoms with Gasteiger partial charge in [0.2, 0.25) is 0 Å². The summed E-state index contributed by atoms with van der Waals surface area (Å²) >= 11 is 0. The average Bonchev–Trinajstić information content (AvgIpc) is 2.17. The quantitative estimate of drug-likeness (QED) is 0.624. The molecule has 12 heavy (non-hydrogen) atoms. The van der Waals surface area contributed by atoms with E-state index in [2.05, 4.69) is 25.3 Å². The lowest BCUT2D eigenvalue weighted by Gasteiger charge is -2.35. The summed E-state index contributed by atoms with van der Waals surface area (Å²) in [6.07, 6.45) is 5.21. The standard InChI is InChI=1S/C11H21N/c1-4-10(3)12-8-6-7-11(5-2)9-12/h11H,3-9H2,1-2H3. The molecule has 1 fully saturated rings. The zero-order valence-electron chi connectivity index (χ0n) is 8.47. The van der Waals surface area contributed by atoms with E-state index < -0.39 is 0 Å². The van der Waals surface area contributed by atoms with Crippen molar-refractivity contribution in [3.8, 4) is 0 Å². The molecule has 0 aromatic carbocycles. The maximum absolute atomic E-state index is 4.09. The van der Waals surface area contributed by atoms with E-state index in [9.17, 15) is 0 Å². The van der Waals surface area contributed by atoms with Crippen molar-refractivity contribution in [1.82, 2.24) is 4.90 Å². The number of nitrogens with zero attached hydrogens (tertiary/aromatic N) is 1. The minimum Gasteiger partial charge on any atom is -0.375 e. The highest BCUT2D eigenvalue weighted by atomic mass is 15.1. The van der Waals surface area contributed by atoms with Crippen LogP contribution in [0.1, 0.15) is 39.5 Å². The van der Waals surface area contributed by atoms with Gasteiger partial charge in [-0.3, -0.25) is 0 Å². The van der Waals surface area contributed by atoms with Crippen molar-refractivity contribution in [1.29, 1.82) is 0 Å². The highest BCUT2D eigenvalue weighted by Gasteiger charge is 2.18. The first-order valence-corrected chi connectivity index (χ1v) is 5.20. The Hall–Kier alpha value is -0.460. The summed E-state index contributed by atoms with van der Waals surface area (Å²) in [5, 5.41) is 0. The summed E-state index contributed by atoms with van der Waals surface area (Å²) in [7, 11) is 0. The zero-order chi connectivity index (χ0) is 8.97. The summed E-state index contributed by atoms with van der Waals surface area (Å²) in [5.41, 5.74) is 1.33. The Labute approximate surface area is 76.5 Å². The molecule has 0 spiro atoms. The van der Waals surface area contributed by atoms with Crippen LogP contribution < -0.4 is 0 Å². The van der Waals surface area contributed by atoms with Crippen molar-refractivity contribution in [2.45, 2.75) is 39.5 Å². The van der Waals surface area contributed by atoms with Gasteiger partial charge >= 0.3 is 0 Å². The van der Waals surface area contributed by atoms with Crippen LogP contribution in [0.3, 0.4) is 0 Å². The molecule has 0 aliphatic carbocycles. The third-order valence-corrected chi connectivity index (χ3v) is 2.95. The fraction of sp³-hybridized carbons (Fsp3) is 0.818. The van der Waals surface area contributed by atoms with Crippen LogP contribution in [0.25, 0.3) is 0 Å². The first kappa shape index (κ1) is 9.63. The van der Waals surface area contributed by atoms with Gasteiger partial charge in [0, 0.05) is 18.8 Å². The number of piperidine rings is 1. The molecule has 1 heterocycles. The summed E-state index contributed by atoms with van der Waals surface area (Å²) in [4.78, 5) is 2.47. The molecule has 0 aromatic heterocycles. The second kappa shape index (κ2) is 4.54. The zero-order valence-corrected chi connectivity index (χ0v) is 8.47. The second-order valence-corrected chi connectivity index (χ2v) is 3.78. The number of rotatable bonds is 3. The van der Waals surface area contributed by atoms with Gasteiger partial charge < -0.3 is 4.90 Å². The van der Waals surface area contributed by atoms with Crippen LogP contribution in [-0.2, 0) is 0 Å². The predicted octanol–water partition coefficient (Wildman–Crippen LogP) is 3.03. The van der Waals surface area contributed by atoms with Crippen LogP contribution in [0.5, 0.6) is 0 Å². The smallest absolute Gasteiger partial charge is 0.0203 e. The van der Waals surface area contributed by atoms with E-state index in [1.165, 1.54) is 38.0 Å². The van der Waals surface area contributed by atoms with Crippen molar-refractivity contribution in [2.24, 2.45) is 5.92 Å². The molecule has 1 unspecified atom stereocenters. The van der Waals surface area contributed by atoms with Gasteiger partial charge in [-0.1, -0.05) is 26.8 Å². The van der Waals surface area contributed by atoms with Gasteiger partial charge in [0.1, 0.15) is 0 Å². The number of hydrogen-bond donors (Lipinski definition) is 0. The Morgan fingerprint density at radius 2 is 2.25 bits per heavy atom. The summed E-state index contributed by atoms with van der Waals surface area (Å²) < 4.78 is 0. The Balaban J connectivity index is 2.40. The molecule has 1 saturated heterocycles. The minimum absolute atomic E-state index is 0.919. The van der Waals surface area contributed by atoms with Crippen molar-refractivity contribution >= 4 is 0 Å². The maximum atomic E-state index is 4.09. The third-order valence-electron chi connectivity index (χ3n) is 2.95. The molecule has 0 amide bonds. The molecule has 1 rings (SSSR count). The van der Waals surface area contributed by atoms with Gasteiger partial charge in [0.15, 0.2) is 0 Å². The SMILES string of the molecule is C=C(CC)N1CCCC(CC)C1. The predicted molar refractivity (Wildman–Crippen MR) is 54.0 cm³/mol. The third kappa shape index (κ3) is 2.26. The molecule has 70 valence electrons. The fourth-order valence-electron chi connectivity index (χ4n) is 1.91. The number of allylic oxidation sites excluding steroid dienone is 1. The molecule has 1 aliphatic rings. The highest BCUT2D eigenvalue weighted by molar-refractivity contribution is 4.94. The van der Waals surface area contributed by atoms with Crippen molar-refractivity contribution in [3.63, 3.8) is 0 Å². The van der Waals surface area contributed by atoms with E-state index in [0.29, 0.717) is 0 Å². The van der Waals surface area contributed by atoms with Crippen LogP contribution in [0.4, 0.5) is 0 Å². The van der Waals surface area contributed by atoms with Gasteiger partial charge in [-0.2, -0.15) is 0 Å². The largest absolute Gasteiger partial charge is 0.375 e. The summed E-state index contributed by atoms with van der Waals surface area (Å²) in [5.74, 6) is 0.919. The van der Waals surface area contributed by atoms with Gasteiger partial charge in [-0.05, 0) is 25.2 Å². The monoisotopic (exact) mass is 167 g/mol. The van der Waals surface area contributed by atoms with Gasteiger partial charge in [-0.15, -0.1) is 0 Å². The average molecular weight is 167 g/mol. The van der Waals surface area contributed by atoms with Gasteiger partial charge in [-0.25, -0.2) is 0 Å².